The van der Waals surface area contributed by atoms with E-state index in [-0.39, 0.29) is 6.61 Å². The number of aliphatic hydroxyl groups excluding tert-OH is 1. The van der Waals surface area contributed by atoms with Crippen molar-refractivity contribution in [2.75, 3.05) is 30.3 Å². The molecule has 1 aromatic rings. The Morgan fingerprint density at radius 1 is 1.06 bits per heavy atom. The molecule has 96 valence electrons. The van der Waals surface area contributed by atoms with E-state index < -0.39 is 0 Å². The SMILES string of the molecule is CCCNc1cc(NCCCCCO)ncn1. The highest BCUT2D eigenvalue weighted by Gasteiger charge is 1.97. The Kier molecular flexibility index (Phi) is 7.06. The summed E-state index contributed by atoms with van der Waals surface area (Å²) >= 11 is 0. The molecule has 0 amide bonds. The molecule has 0 unspecified atom stereocenters. The lowest BCUT2D eigenvalue weighted by Gasteiger charge is -2.07. The molecule has 0 saturated carbocycles. The normalized spacial score (nSPS) is 10.2. The molecule has 17 heavy (non-hydrogen) atoms. The van der Waals surface area contributed by atoms with Gasteiger partial charge in [-0.15, -0.1) is 0 Å². The van der Waals surface area contributed by atoms with Crippen LogP contribution in [0.5, 0.6) is 0 Å². The number of nitrogens with one attached hydrogen (secondary N) is 2. The van der Waals surface area contributed by atoms with Crippen molar-refractivity contribution in [2.45, 2.75) is 32.6 Å². The maximum absolute atomic E-state index is 8.65. The number of anilines is 2. The van der Waals surface area contributed by atoms with Gasteiger partial charge in [0.25, 0.3) is 0 Å². The van der Waals surface area contributed by atoms with Gasteiger partial charge in [0.15, 0.2) is 0 Å². The molecule has 1 aromatic heterocycles. The van der Waals surface area contributed by atoms with Crippen molar-refractivity contribution in [3.05, 3.63) is 12.4 Å². The maximum atomic E-state index is 8.65. The summed E-state index contributed by atoms with van der Waals surface area (Å²) in [4.78, 5) is 8.29. The van der Waals surface area contributed by atoms with E-state index in [1.54, 1.807) is 6.33 Å². The second kappa shape index (κ2) is 8.75. The minimum atomic E-state index is 0.276. The largest absolute Gasteiger partial charge is 0.396 e. The first-order valence-corrected chi connectivity index (χ1v) is 6.27. The van der Waals surface area contributed by atoms with Crippen LogP contribution >= 0.6 is 0 Å². The number of nitrogens with zero attached hydrogens (tertiary/aromatic N) is 2. The third-order valence-corrected chi connectivity index (χ3v) is 2.36. The zero-order chi connectivity index (χ0) is 12.3. The summed E-state index contributed by atoms with van der Waals surface area (Å²) in [5.74, 6) is 1.71. The van der Waals surface area contributed by atoms with Crippen molar-refractivity contribution in [3.63, 3.8) is 0 Å². The van der Waals surface area contributed by atoms with Crippen LogP contribution in [0.4, 0.5) is 11.6 Å². The molecule has 5 nitrogen and oxygen atoms in total. The molecule has 0 radical (unpaired) electrons. The second-order valence-electron chi connectivity index (χ2n) is 3.93. The molecule has 0 aliphatic carbocycles. The number of rotatable bonds is 9. The quantitative estimate of drug-likeness (QED) is 0.573. The molecule has 5 heteroatoms. The van der Waals surface area contributed by atoms with Crippen molar-refractivity contribution in [2.24, 2.45) is 0 Å². The highest BCUT2D eigenvalue weighted by molar-refractivity contribution is 5.46. The molecule has 0 spiro atoms. The van der Waals surface area contributed by atoms with E-state index in [4.69, 9.17) is 5.11 Å². The molecule has 1 rings (SSSR count). The Labute approximate surface area is 103 Å². The van der Waals surface area contributed by atoms with Crippen molar-refractivity contribution in [3.8, 4) is 0 Å². The lowest BCUT2D eigenvalue weighted by atomic mass is 10.2. The van der Waals surface area contributed by atoms with Gasteiger partial charge < -0.3 is 15.7 Å². The first kappa shape index (κ1) is 13.7. The number of aromatic nitrogens is 2. The van der Waals surface area contributed by atoms with E-state index in [1.165, 1.54) is 0 Å². The number of aliphatic hydroxyl groups is 1. The van der Waals surface area contributed by atoms with Crippen LogP contribution < -0.4 is 10.6 Å². The first-order valence-electron chi connectivity index (χ1n) is 6.27. The van der Waals surface area contributed by atoms with Crippen LogP contribution in [0.1, 0.15) is 32.6 Å². The molecule has 0 aromatic carbocycles. The molecule has 0 atom stereocenters. The maximum Gasteiger partial charge on any atom is 0.131 e. The van der Waals surface area contributed by atoms with Gasteiger partial charge in [-0.25, -0.2) is 9.97 Å². The Morgan fingerprint density at radius 2 is 1.76 bits per heavy atom. The summed E-state index contributed by atoms with van der Waals surface area (Å²) in [6.07, 6.45) is 5.59. The average Bonchev–Trinajstić information content (AvgIpc) is 2.37. The van der Waals surface area contributed by atoms with Gasteiger partial charge in [-0.2, -0.15) is 0 Å². The fourth-order valence-corrected chi connectivity index (χ4v) is 1.43. The summed E-state index contributed by atoms with van der Waals surface area (Å²) in [5.41, 5.74) is 0. The van der Waals surface area contributed by atoms with Gasteiger partial charge in [-0.3, -0.25) is 0 Å². The molecule has 0 bridgehead atoms. The molecule has 1 heterocycles. The van der Waals surface area contributed by atoms with E-state index in [0.29, 0.717) is 0 Å². The van der Waals surface area contributed by atoms with Gasteiger partial charge in [0, 0.05) is 25.8 Å². The Bertz CT molecular complexity index is 306. The van der Waals surface area contributed by atoms with Crippen LogP contribution in [0.2, 0.25) is 0 Å². The summed E-state index contributed by atoms with van der Waals surface area (Å²) in [7, 11) is 0. The minimum absolute atomic E-state index is 0.276. The Morgan fingerprint density at radius 3 is 2.41 bits per heavy atom. The fraction of sp³-hybridized carbons (Fsp3) is 0.667. The van der Waals surface area contributed by atoms with Gasteiger partial charge in [0.1, 0.15) is 18.0 Å². The number of unbranched alkanes of at least 4 members (excludes halogenated alkanes) is 2. The van der Waals surface area contributed by atoms with Gasteiger partial charge in [0.2, 0.25) is 0 Å². The van der Waals surface area contributed by atoms with Crippen molar-refractivity contribution < 1.29 is 5.11 Å². The predicted molar refractivity (Wildman–Crippen MR) is 70.2 cm³/mol. The average molecular weight is 238 g/mol. The predicted octanol–water partition coefficient (Wildman–Crippen LogP) is 1.87. The van der Waals surface area contributed by atoms with Crippen molar-refractivity contribution in [1.82, 2.24) is 9.97 Å². The van der Waals surface area contributed by atoms with Crippen molar-refractivity contribution in [1.29, 1.82) is 0 Å². The Hall–Kier alpha value is -1.36. The standard InChI is InChI=1S/C12H22N4O/c1-2-6-13-11-9-12(16-10-15-11)14-7-4-3-5-8-17/h9-10,17H,2-8H2,1H3,(H2,13,14,15,16). The molecular formula is C12H22N4O. The van der Waals surface area contributed by atoms with Crippen LogP contribution in [0.3, 0.4) is 0 Å². The lowest BCUT2D eigenvalue weighted by molar-refractivity contribution is 0.283. The summed E-state index contributed by atoms with van der Waals surface area (Å²) < 4.78 is 0. The van der Waals surface area contributed by atoms with E-state index in [0.717, 1.165) is 50.4 Å². The molecular weight excluding hydrogens is 216 g/mol. The fourth-order valence-electron chi connectivity index (χ4n) is 1.43. The number of hydrogen-bond donors (Lipinski definition) is 3. The molecule has 0 saturated heterocycles. The van der Waals surface area contributed by atoms with Crippen LogP contribution in [0.25, 0.3) is 0 Å². The van der Waals surface area contributed by atoms with E-state index >= 15 is 0 Å². The van der Waals surface area contributed by atoms with E-state index in [2.05, 4.69) is 27.5 Å². The molecule has 3 N–H and O–H groups in total. The zero-order valence-electron chi connectivity index (χ0n) is 10.4. The van der Waals surface area contributed by atoms with Crippen LogP contribution in [0.15, 0.2) is 12.4 Å². The van der Waals surface area contributed by atoms with E-state index in [9.17, 15) is 0 Å². The van der Waals surface area contributed by atoms with Gasteiger partial charge in [-0.05, 0) is 25.7 Å². The molecule has 0 fully saturated rings. The van der Waals surface area contributed by atoms with Crippen LogP contribution in [-0.2, 0) is 0 Å². The summed E-state index contributed by atoms with van der Waals surface area (Å²) in [6, 6.07) is 1.92. The first-order chi connectivity index (χ1) is 8.36. The number of hydrogen-bond acceptors (Lipinski definition) is 5. The monoisotopic (exact) mass is 238 g/mol. The molecule has 0 aliphatic heterocycles. The zero-order valence-corrected chi connectivity index (χ0v) is 10.4. The molecule has 0 aliphatic rings. The smallest absolute Gasteiger partial charge is 0.131 e. The van der Waals surface area contributed by atoms with Gasteiger partial charge >= 0.3 is 0 Å². The van der Waals surface area contributed by atoms with Crippen molar-refractivity contribution >= 4 is 11.6 Å². The summed E-state index contributed by atoms with van der Waals surface area (Å²) in [6.45, 7) is 4.20. The lowest BCUT2D eigenvalue weighted by Crippen LogP contribution is -2.06. The second-order valence-corrected chi connectivity index (χ2v) is 3.93. The van der Waals surface area contributed by atoms with Gasteiger partial charge in [-0.1, -0.05) is 6.92 Å². The third kappa shape index (κ3) is 6.06. The van der Waals surface area contributed by atoms with Crippen LogP contribution in [0, 0.1) is 0 Å². The van der Waals surface area contributed by atoms with E-state index in [1.807, 2.05) is 6.07 Å². The highest BCUT2D eigenvalue weighted by atomic mass is 16.2. The Balaban J connectivity index is 2.27. The van der Waals surface area contributed by atoms with Gasteiger partial charge in [0.05, 0.1) is 0 Å². The topological polar surface area (TPSA) is 70.1 Å². The summed E-state index contributed by atoms with van der Waals surface area (Å²) in [5, 5.41) is 15.1. The third-order valence-electron chi connectivity index (χ3n) is 2.36. The minimum Gasteiger partial charge on any atom is -0.396 e. The van der Waals surface area contributed by atoms with Crippen LogP contribution in [-0.4, -0.2) is 34.8 Å². The highest BCUT2D eigenvalue weighted by Crippen LogP contribution is 2.08.